The summed E-state index contributed by atoms with van der Waals surface area (Å²) >= 11 is 0. The zero-order valence-corrected chi connectivity index (χ0v) is 16.7. The third-order valence-corrected chi connectivity index (χ3v) is 4.15. The first-order valence-corrected chi connectivity index (χ1v) is 9.27. The highest BCUT2D eigenvalue weighted by Crippen LogP contribution is 2.29. The fourth-order valence-electron chi connectivity index (χ4n) is 2.70. The van der Waals surface area contributed by atoms with Crippen molar-refractivity contribution in [3.05, 3.63) is 54.1 Å². The smallest absolute Gasteiger partial charge is 0.225 e. The van der Waals surface area contributed by atoms with Crippen molar-refractivity contribution < 1.29 is 14.3 Å². The van der Waals surface area contributed by atoms with Crippen molar-refractivity contribution in [1.29, 1.82) is 0 Å². The summed E-state index contributed by atoms with van der Waals surface area (Å²) < 4.78 is 10.8. The van der Waals surface area contributed by atoms with Gasteiger partial charge in [0.1, 0.15) is 18.1 Å². The zero-order valence-electron chi connectivity index (χ0n) is 16.7. The Bertz CT molecular complexity index is 721. The minimum atomic E-state index is -0.0130. The van der Waals surface area contributed by atoms with Crippen LogP contribution >= 0.6 is 0 Å². The van der Waals surface area contributed by atoms with Crippen molar-refractivity contribution in [2.75, 3.05) is 32.1 Å². The summed E-state index contributed by atoms with van der Waals surface area (Å²) in [4.78, 5) is 12.2. The van der Waals surface area contributed by atoms with Crippen LogP contribution in [0, 0.1) is 0 Å². The summed E-state index contributed by atoms with van der Waals surface area (Å²) in [7, 11) is 1.64. The number of benzene rings is 2. The average molecular weight is 370 g/mol. The van der Waals surface area contributed by atoms with Gasteiger partial charge in [-0.05, 0) is 41.3 Å². The van der Waals surface area contributed by atoms with Gasteiger partial charge in [-0.15, -0.1) is 0 Å². The van der Waals surface area contributed by atoms with Gasteiger partial charge in [0, 0.05) is 25.2 Å². The number of nitrogens with one attached hydrogen (secondary N) is 2. The topological polar surface area (TPSA) is 59.6 Å². The molecule has 0 saturated carbocycles. The molecule has 5 nitrogen and oxygen atoms in total. The number of para-hydroxylation sites is 1. The molecule has 0 heterocycles. The maximum Gasteiger partial charge on any atom is 0.225 e. The van der Waals surface area contributed by atoms with Gasteiger partial charge in [0.05, 0.1) is 7.11 Å². The van der Waals surface area contributed by atoms with Gasteiger partial charge in [0.25, 0.3) is 0 Å². The van der Waals surface area contributed by atoms with Crippen LogP contribution in [0.1, 0.15) is 32.8 Å². The number of ether oxygens (including phenoxy) is 2. The van der Waals surface area contributed by atoms with Crippen LogP contribution in [0.3, 0.4) is 0 Å². The van der Waals surface area contributed by atoms with Gasteiger partial charge < -0.3 is 20.1 Å². The number of anilines is 1. The number of carbonyl (C=O) groups is 1. The molecule has 0 radical (unpaired) electrons. The SMILES string of the molecule is COc1ccc(OCCNCCC(=O)Nc2ccccc2C(C)(C)C)cc1. The summed E-state index contributed by atoms with van der Waals surface area (Å²) in [6.07, 6.45) is 0.418. The molecule has 0 aliphatic carbocycles. The molecule has 0 unspecified atom stereocenters. The summed E-state index contributed by atoms with van der Waals surface area (Å²) in [6.45, 7) is 8.25. The molecule has 2 aromatic rings. The maximum absolute atomic E-state index is 12.2. The molecule has 0 bridgehead atoms. The second-order valence-electron chi connectivity index (χ2n) is 7.37. The van der Waals surface area contributed by atoms with Crippen molar-refractivity contribution in [2.24, 2.45) is 0 Å². The molecular formula is C22H30N2O3. The predicted molar refractivity (Wildman–Crippen MR) is 110 cm³/mol. The molecule has 2 N–H and O–H groups in total. The Morgan fingerprint density at radius 3 is 2.30 bits per heavy atom. The highest BCUT2D eigenvalue weighted by atomic mass is 16.5. The second kappa shape index (κ2) is 9.97. The molecule has 146 valence electrons. The number of hydrogen-bond acceptors (Lipinski definition) is 4. The van der Waals surface area contributed by atoms with Crippen molar-refractivity contribution in [2.45, 2.75) is 32.6 Å². The van der Waals surface area contributed by atoms with Crippen LogP contribution in [0.2, 0.25) is 0 Å². The van der Waals surface area contributed by atoms with Crippen molar-refractivity contribution >= 4 is 11.6 Å². The van der Waals surface area contributed by atoms with Gasteiger partial charge in [0.15, 0.2) is 0 Å². The molecule has 0 saturated heterocycles. The predicted octanol–water partition coefficient (Wildman–Crippen LogP) is 3.99. The molecular weight excluding hydrogens is 340 g/mol. The highest BCUT2D eigenvalue weighted by molar-refractivity contribution is 5.91. The van der Waals surface area contributed by atoms with Crippen LogP contribution in [0.15, 0.2) is 48.5 Å². The van der Waals surface area contributed by atoms with Crippen LogP contribution in [-0.2, 0) is 10.2 Å². The first kappa shape index (κ1) is 20.8. The summed E-state index contributed by atoms with van der Waals surface area (Å²) in [6, 6.07) is 15.4. The van der Waals surface area contributed by atoms with E-state index >= 15 is 0 Å². The molecule has 27 heavy (non-hydrogen) atoms. The van der Waals surface area contributed by atoms with Crippen molar-refractivity contribution in [3.8, 4) is 11.5 Å². The third-order valence-electron chi connectivity index (χ3n) is 4.15. The Kier molecular flexibility index (Phi) is 7.67. The van der Waals surface area contributed by atoms with E-state index in [4.69, 9.17) is 9.47 Å². The molecule has 0 atom stereocenters. The van der Waals surface area contributed by atoms with Crippen LogP contribution in [0.4, 0.5) is 5.69 Å². The number of methoxy groups -OCH3 is 1. The zero-order chi connectivity index (χ0) is 19.7. The van der Waals surface area contributed by atoms with E-state index in [0.29, 0.717) is 26.1 Å². The van der Waals surface area contributed by atoms with E-state index in [1.165, 1.54) is 0 Å². The Labute approximate surface area is 162 Å². The van der Waals surface area contributed by atoms with Crippen molar-refractivity contribution in [1.82, 2.24) is 5.32 Å². The summed E-state index contributed by atoms with van der Waals surface area (Å²) in [5.41, 5.74) is 2.01. The largest absolute Gasteiger partial charge is 0.497 e. The molecule has 2 rings (SSSR count). The third kappa shape index (κ3) is 6.94. The fourth-order valence-corrected chi connectivity index (χ4v) is 2.70. The lowest BCUT2D eigenvalue weighted by Crippen LogP contribution is -2.26. The second-order valence-corrected chi connectivity index (χ2v) is 7.37. The van der Waals surface area contributed by atoms with Gasteiger partial charge in [0.2, 0.25) is 5.91 Å². The fraction of sp³-hybridized carbons (Fsp3) is 0.409. The number of amides is 1. The van der Waals surface area contributed by atoms with E-state index < -0.39 is 0 Å². The molecule has 1 amide bonds. The van der Waals surface area contributed by atoms with Crippen LogP contribution in [-0.4, -0.2) is 32.7 Å². The van der Waals surface area contributed by atoms with Gasteiger partial charge in [-0.25, -0.2) is 0 Å². The van der Waals surface area contributed by atoms with E-state index in [2.05, 4.69) is 37.5 Å². The van der Waals surface area contributed by atoms with E-state index in [0.717, 1.165) is 22.7 Å². The van der Waals surface area contributed by atoms with E-state index in [1.807, 2.05) is 42.5 Å². The van der Waals surface area contributed by atoms with Gasteiger partial charge in [-0.2, -0.15) is 0 Å². The quantitative estimate of drug-likeness (QED) is 0.655. The van der Waals surface area contributed by atoms with Gasteiger partial charge in [-0.3, -0.25) is 4.79 Å². The number of carbonyl (C=O) groups excluding carboxylic acids is 1. The summed E-state index contributed by atoms with van der Waals surface area (Å²) in [5.74, 6) is 1.61. The Morgan fingerprint density at radius 2 is 1.63 bits per heavy atom. The molecule has 0 spiro atoms. The molecule has 0 aliphatic heterocycles. The minimum absolute atomic E-state index is 0.00951. The lowest BCUT2D eigenvalue weighted by Gasteiger charge is -2.23. The van der Waals surface area contributed by atoms with Gasteiger partial charge >= 0.3 is 0 Å². The number of hydrogen-bond donors (Lipinski definition) is 2. The van der Waals surface area contributed by atoms with E-state index in [-0.39, 0.29) is 11.3 Å². The normalized spacial score (nSPS) is 11.1. The molecule has 0 fully saturated rings. The minimum Gasteiger partial charge on any atom is -0.497 e. The lowest BCUT2D eigenvalue weighted by atomic mass is 9.86. The monoisotopic (exact) mass is 370 g/mol. The molecule has 0 aliphatic rings. The first-order valence-electron chi connectivity index (χ1n) is 9.27. The molecule has 0 aromatic heterocycles. The highest BCUT2D eigenvalue weighted by Gasteiger charge is 2.18. The number of rotatable bonds is 9. The molecule has 2 aromatic carbocycles. The van der Waals surface area contributed by atoms with E-state index in [1.54, 1.807) is 7.11 Å². The standard InChI is InChI=1S/C22H30N2O3/c1-22(2,3)19-7-5-6-8-20(19)24-21(25)13-14-23-15-16-27-18-11-9-17(26-4)10-12-18/h5-12,23H,13-16H2,1-4H3,(H,24,25). The van der Waals surface area contributed by atoms with Crippen molar-refractivity contribution in [3.63, 3.8) is 0 Å². The molecule has 5 heteroatoms. The van der Waals surface area contributed by atoms with Gasteiger partial charge in [-0.1, -0.05) is 39.0 Å². The van der Waals surface area contributed by atoms with E-state index in [9.17, 15) is 4.79 Å². The summed E-state index contributed by atoms with van der Waals surface area (Å²) in [5, 5.41) is 6.25. The average Bonchev–Trinajstić information content (AvgIpc) is 2.64. The Balaban J connectivity index is 1.66. The van der Waals surface area contributed by atoms with Crippen LogP contribution < -0.4 is 20.1 Å². The Morgan fingerprint density at radius 1 is 0.963 bits per heavy atom. The Hall–Kier alpha value is -2.53. The lowest BCUT2D eigenvalue weighted by molar-refractivity contribution is -0.116. The first-order chi connectivity index (χ1) is 12.9. The van der Waals surface area contributed by atoms with Crippen LogP contribution in [0.25, 0.3) is 0 Å². The maximum atomic E-state index is 12.2. The van der Waals surface area contributed by atoms with Crippen LogP contribution in [0.5, 0.6) is 11.5 Å².